The Labute approximate surface area is 244 Å². The molecular weight excluding hydrogens is 602 g/mol. The Hall–Kier alpha value is -2.88. The van der Waals surface area contributed by atoms with Gasteiger partial charge in [0.2, 0.25) is 11.8 Å². The Kier molecular flexibility index (Phi) is 10.6. The summed E-state index contributed by atoms with van der Waals surface area (Å²) in [5.41, 5.74) is 1.87. The standard InChI is InChI=1S/C29H33BrClN3O4S/c1-20(2)17-32-29(36)22(4)33(18-23-11-13-24(30)14-12-23)28(35)19-34(27-8-6-5-7-26(27)31)39(37,38)25-15-9-21(3)10-16-25/h5-16,20,22H,17-19H2,1-4H3,(H,32,36)/t22-/m1/s1. The molecule has 0 aromatic heterocycles. The summed E-state index contributed by atoms with van der Waals surface area (Å²) in [4.78, 5) is 28.4. The maximum Gasteiger partial charge on any atom is 0.264 e. The molecule has 0 heterocycles. The molecular formula is C29H33BrClN3O4S. The summed E-state index contributed by atoms with van der Waals surface area (Å²) in [5.74, 6) is -0.632. The van der Waals surface area contributed by atoms with Crippen molar-refractivity contribution in [1.29, 1.82) is 0 Å². The molecule has 39 heavy (non-hydrogen) atoms. The van der Waals surface area contributed by atoms with Gasteiger partial charge in [0.05, 0.1) is 15.6 Å². The van der Waals surface area contributed by atoms with E-state index < -0.39 is 28.5 Å². The van der Waals surface area contributed by atoms with E-state index in [1.807, 2.05) is 45.0 Å². The number of amides is 2. The Morgan fingerprint density at radius 2 is 1.56 bits per heavy atom. The fourth-order valence-corrected chi connectivity index (χ4v) is 5.81. The minimum Gasteiger partial charge on any atom is -0.354 e. The molecule has 2 amide bonds. The summed E-state index contributed by atoms with van der Waals surface area (Å²) in [6, 6.07) is 19.4. The third-order valence-corrected chi connectivity index (χ3v) is 8.75. The minimum atomic E-state index is -4.17. The summed E-state index contributed by atoms with van der Waals surface area (Å²) in [5, 5.41) is 3.06. The van der Waals surface area contributed by atoms with Crippen LogP contribution < -0.4 is 9.62 Å². The Morgan fingerprint density at radius 1 is 0.949 bits per heavy atom. The third-order valence-electron chi connectivity index (χ3n) is 6.13. The molecule has 7 nitrogen and oxygen atoms in total. The van der Waals surface area contributed by atoms with Gasteiger partial charge in [-0.25, -0.2) is 8.42 Å². The van der Waals surface area contributed by atoms with E-state index in [1.54, 1.807) is 43.3 Å². The Morgan fingerprint density at radius 3 is 2.15 bits per heavy atom. The van der Waals surface area contributed by atoms with Crippen LogP contribution >= 0.6 is 27.5 Å². The van der Waals surface area contributed by atoms with Gasteiger partial charge in [-0.3, -0.25) is 13.9 Å². The highest BCUT2D eigenvalue weighted by Gasteiger charge is 2.33. The first kappa shape index (κ1) is 30.7. The maximum absolute atomic E-state index is 13.9. The van der Waals surface area contributed by atoms with Crippen LogP contribution in [0.15, 0.2) is 82.2 Å². The number of sulfonamides is 1. The largest absolute Gasteiger partial charge is 0.354 e. The molecule has 0 aliphatic carbocycles. The van der Waals surface area contributed by atoms with Crippen LogP contribution in [-0.2, 0) is 26.2 Å². The van der Waals surface area contributed by atoms with Gasteiger partial charge in [-0.15, -0.1) is 0 Å². The van der Waals surface area contributed by atoms with Crippen molar-refractivity contribution in [2.75, 3.05) is 17.4 Å². The van der Waals surface area contributed by atoms with Crippen molar-refractivity contribution in [2.45, 2.75) is 45.2 Å². The predicted molar refractivity (Wildman–Crippen MR) is 159 cm³/mol. The molecule has 3 aromatic rings. The maximum atomic E-state index is 13.9. The molecule has 0 aliphatic rings. The molecule has 0 fully saturated rings. The topological polar surface area (TPSA) is 86.8 Å². The van der Waals surface area contributed by atoms with Crippen molar-refractivity contribution in [3.63, 3.8) is 0 Å². The first-order valence-corrected chi connectivity index (χ1v) is 15.2. The molecule has 0 saturated carbocycles. The molecule has 0 bridgehead atoms. The highest BCUT2D eigenvalue weighted by molar-refractivity contribution is 9.10. The number of rotatable bonds is 11. The van der Waals surface area contributed by atoms with Gasteiger partial charge in [0, 0.05) is 17.6 Å². The van der Waals surface area contributed by atoms with Crippen LogP contribution in [0.4, 0.5) is 5.69 Å². The zero-order chi connectivity index (χ0) is 28.7. The van der Waals surface area contributed by atoms with Gasteiger partial charge in [0.25, 0.3) is 10.0 Å². The molecule has 10 heteroatoms. The van der Waals surface area contributed by atoms with E-state index >= 15 is 0 Å². The number of para-hydroxylation sites is 1. The highest BCUT2D eigenvalue weighted by Crippen LogP contribution is 2.31. The van der Waals surface area contributed by atoms with E-state index in [2.05, 4.69) is 21.2 Å². The van der Waals surface area contributed by atoms with Gasteiger partial charge in [0.1, 0.15) is 12.6 Å². The quantitative estimate of drug-likeness (QED) is 0.289. The Bertz CT molecular complexity index is 1400. The van der Waals surface area contributed by atoms with E-state index in [0.717, 1.165) is 19.9 Å². The van der Waals surface area contributed by atoms with Gasteiger partial charge in [0.15, 0.2) is 0 Å². The van der Waals surface area contributed by atoms with E-state index in [9.17, 15) is 18.0 Å². The second-order valence-electron chi connectivity index (χ2n) is 9.74. The van der Waals surface area contributed by atoms with Crippen LogP contribution in [0.1, 0.15) is 31.9 Å². The van der Waals surface area contributed by atoms with Crippen LogP contribution in [0.3, 0.4) is 0 Å². The molecule has 0 aliphatic heterocycles. The molecule has 1 atom stereocenters. The fourth-order valence-electron chi connectivity index (χ4n) is 3.83. The lowest BCUT2D eigenvalue weighted by molar-refractivity contribution is -0.139. The van der Waals surface area contributed by atoms with E-state index in [-0.39, 0.29) is 34.0 Å². The monoisotopic (exact) mass is 633 g/mol. The van der Waals surface area contributed by atoms with Crippen LogP contribution in [-0.4, -0.2) is 44.3 Å². The van der Waals surface area contributed by atoms with Gasteiger partial charge >= 0.3 is 0 Å². The minimum absolute atomic E-state index is 0.0306. The van der Waals surface area contributed by atoms with E-state index in [4.69, 9.17) is 11.6 Å². The zero-order valence-electron chi connectivity index (χ0n) is 22.4. The molecule has 0 spiro atoms. The summed E-state index contributed by atoms with van der Waals surface area (Å²) in [6.45, 7) is 7.48. The second kappa shape index (κ2) is 13.5. The van der Waals surface area contributed by atoms with Crippen molar-refractivity contribution in [1.82, 2.24) is 10.2 Å². The van der Waals surface area contributed by atoms with Crippen LogP contribution in [0, 0.1) is 12.8 Å². The lowest BCUT2D eigenvalue weighted by Gasteiger charge is -2.32. The van der Waals surface area contributed by atoms with Crippen molar-refractivity contribution >= 4 is 55.1 Å². The smallest absolute Gasteiger partial charge is 0.264 e. The average Bonchev–Trinajstić information content (AvgIpc) is 2.90. The normalized spacial score (nSPS) is 12.2. The van der Waals surface area contributed by atoms with Crippen LogP contribution in [0.25, 0.3) is 0 Å². The number of nitrogens with zero attached hydrogens (tertiary/aromatic N) is 2. The molecule has 1 N–H and O–H groups in total. The number of hydrogen-bond acceptors (Lipinski definition) is 4. The molecule has 0 radical (unpaired) electrons. The van der Waals surface area contributed by atoms with Gasteiger partial charge in [-0.2, -0.15) is 0 Å². The molecule has 3 rings (SSSR count). The molecule has 208 valence electrons. The van der Waals surface area contributed by atoms with Crippen LogP contribution in [0.5, 0.6) is 0 Å². The SMILES string of the molecule is Cc1ccc(S(=O)(=O)N(CC(=O)N(Cc2ccc(Br)cc2)[C@H](C)C(=O)NCC(C)C)c2ccccc2Cl)cc1. The number of anilines is 1. The first-order valence-electron chi connectivity index (χ1n) is 12.6. The zero-order valence-corrected chi connectivity index (χ0v) is 25.6. The second-order valence-corrected chi connectivity index (χ2v) is 12.9. The number of carbonyl (C=O) groups is 2. The van der Waals surface area contributed by atoms with E-state index in [1.165, 1.54) is 17.0 Å². The number of benzene rings is 3. The first-order chi connectivity index (χ1) is 18.4. The molecule has 0 unspecified atom stereocenters. The number of nitrogens with one attached hydrogen (secondary N) is 1. The number of hydrogen-bond donors (Lipinski definition) is 1. The summed E-state index contributed by atoms with van der Waals surface area (Å²) >= 11 is 9.84. The van der Waals surface area contributed by atoms with Crippen LogP contribution in [0.2, 0.25) is 5.02 Å². The van der Waals surface area contributed by atoms with Crippen molar-refractivity contribution < 1.29 is 18.0 Å². The summed E-state index contributed by atoms with van der Waals surface area (Å²) in [6.07, 6.45) is 0. The lowest BCUT2D eigenvalue weighted by atomic mass is 10.1. The van der Waals surface area contributed by atoms with Crippen molar-refractivity contribution in [2.24, 2.45) is 5.92 Å². The lowest BCUT2D eigenvalue weighted by Crippen LogP contribution is -2.51. The van der Waals surface area contributed by atoms with Crippen molar-refractivity contribution in [3.05, 3.63) is 93.4 Å². The fraction of sp³-hybridized carbons (Fsp3) is 0.310. The van der Waals surface area contributed by atoms with E-state index in [0.29, 0.717) is 6.54 Å². The average molecular weight is 635 g/mol. The molecule has 0 saturated heterocycles. The summed E-state index contributed by atoms with van der Waals surface area (Å²) in [7, 11) is -4.17. The highest BCUT2D eigenvalue weighted by atomic mass is 79.9. The van der Waals surface area contributed by atoms with Gasteiger partial charge in [-0.05, 0) is 61.7 Å². The summed E-state index contributed by atoms with van der Waals surface area (Å²) < 4.78 is 29.6. The number of halogens is 2. The molecule has 3 aromatic carbocycles. The Balaban J connectivity index is 2.02. The van der Waals surface area contributed by atoms with Gasteiger partial charge in [-0.1, -0.05) is 83.3 Å². The number of aryl methyl sites for hydroxylation is 1. The van der Waals surface area contributed by atoms with Gasteiger partial charge < -0.3 is 10.2 Å². The predicted octanol–water partition coefficient (Wildman–Crippen LogP) is 5.80. The number of carbonyl (C=O) groups excluding carboxylic acids is 2. The van der Waals surface area contributed by atoms with Crippen molar-refractivity contribution in [3.8, 4) is 0 Å². The third kappa shape index (κ3) is 8.06.